The Balaban J connectivity index is 1.90. The predicted molar refractivity (Wildman–Crippen MR) is 101 cm³/mol. The number of nitrogens with one attached hydrogen (secondary N) is 1. The normalized spacial score (nSPS) is 10.5. The molecule has 0 aliphatic heterocycles. The number of methoxy groups -OCH3 is 1. The number of esters is 1. The molecule has 0 aliphatic rings. The molecule has 0 aliphatic carbocycles. The summed E-state index contributed by atoms with van der Waals surface area (Å²) in [7, 11) is 1.22. The van der Waals surface area contributed by atoms with E-state index < -0.39 is 22.4 Å². The predicted octanol–water partition coefficient (Wildman–Crippen LogP) is 2.01. The number of amides is 1. The van der Waals surface area contributed by atoms with Gasteiger partial charge in [0.25, 0.3) is 11.2 Å². The largest absolute Gasteiger partial charge is 0.465 e. The van der Waals surface area contributed by atoms with Gasteiger partial charge in [-0.3, -0.25) is 25.1 Å². The first-order chi connectivity index (χ1) is 13.4. The zero-order valence-corrected chi connectivity index (χ0v) is 14.7. The van der Waals surface area contributed by atoms with Gasteiger partial charge in [-0.05, 0) is 11.6 Å². The number of nitro groups is 1. The lowest BCUT2D eigenvalue weighted by atomic mass is 10.1. The number of nitro benzene ring substituents is 1. The second kappa shape index (κ2) is 7.70. The smallest absolute Gasteiger partial charge is 0.340 e. The van der Waals surface area contributed by atoms with Gasteiger partial charge < -0.3 is 4.74 Å². The Hall–Kier alpha value is -4.01. The first-order valence-electron chi connectivity index (χ1n) is 8.16. The number of rotatable bonds is 5. The molecule has 1 heterocycles. The van der Waals surface area contributed by atoms with Crippen molar-refractivity contribution >= 4 is 28.3 Å². The van der Waals surface area contributed by atoms with Crippen LogP contribution in [-0.4, -0.2) is 28.6 Å². The molecule has 9 nitrogen and oxygen atoms in total. The van der Waals surface area contributed by atoms with Crippen LogP contribution >= 0.6 is 0 Å². The monoisotopic (exact) mass is 381 g/mol. The summed E-state index contributed by atoms with van der Waals surface area (Å²) in [6, 6.07) is 12.0. The van der Waals surface area contributed by atoms with Gasteiger partial charge in [0.2, 0.25) is 5.91 Å². The Bertz CT molecular complexity index is 1130. The average Bonchev–Trinajstić information content (AvgIpc) is 2.70. The summed E-state index contributed by atoms with van der Waals surface area (Å²) in [4.78, 5) is 47.1. The molecule has 0 unspecified atom stereocenters. The summed E-state index contributed by atoms with van der Waals surface area (Å²) in [6.45, 7) is 0. The van der Waals surface area contributed by atoms with Crippen LogP contribution in [0.5, 0.6) is 0 Å². The Morgan fingerprint density at radius 3 is 2.36 bits per heavy atom. The Labute approximate surface area is 158 Å². The lowest BCUT2D eigenvalue weighted by molar-refractivity contribution is -0.384. The van der Waals surface area contributed by atoms with Crippen LogP contribution in [0.4, 0.5) is 5.69 Å². The third kappa shape index (κ3) is 3.73. The highest BCUT2D eigenvalue weighted by molar-refractivity contribution is 6.04. The molecule has 142 valence electrons. The number of non-ortho nitro benzene ring substituents is 1. The number of ether oxygens (including phenoxy) is 1. The molecule has 0 bridgehead atoms. The molecule has 1 N–H and O–H groups in total. The van der Waals surface area contributed by atoms with Gasteiger partial charge in [0.1, 0.15) is 0 Å². The molecule has 3 rings (SSSR count). The van der Waals surface area contributed by atoms with Gasteiger partial charge >= 0.3 is 5.97 Å². The fourth-order valence-corrected chi connectivity index (χ4v) is 2.74. The van der Waals surface area contributed by atoms with Crippen LogP contribution in [0.2, 0.25) is 0 Å². The fraction of sp³-hybridized carbons (Fsp3) is 0.105. The highest BCUT2D eigenvalue weighted by atomic mass is 16.6. The lowest BCUT2D eigenvalue weighted by Crippen LogP contribution is -2.34. The van der Waals surface area contributed by atoms with Crippen LogP contribution in [-0.2, 0) is 16.0 Å². The van der Waals surface area contributed by atoms with Crippen LogP contribution in [0, 0.1) is 10.1 Å². The van der Waals surface area contributed by atoms with Gasteiger partial charge in [0.05, 0.1) is 24.0 Å². The summed E-state index contributed by atoms with van der Waals surface area (Å²) < 4.78 is 5.68. The van der Waals surface area contributed by atoms with E-state index in [1.54, 1.807) is 24.3 Å². The number of fused-ring (bicyclic) bond motifs is 1. The summed E-state index contributed by atoms with van der Waals surface area (Å²) in [6.07, 6.45) is 1.11. The molecule has 1 amide bonds. The lowest BCUT2D eigenvalue weighted by Gasteiger charge is -2.12. The average molecular weight is 381 g/mol. The van der Waals surface area contributed by atoms with E-state index >= 15 is 0 Å². The number of carbonyl (C=O) groups excluding carboxylic acids is 2. The van der Waals surface area contributed by atoms with E-state index in [2.05, 4.69) is 5.43 Å². The summed E-state index contributed by atoms with van der Waals surface area (Å²) in [5, 5.41) is 11.4. The third-order valence-corrected chi connectivity index (χ3v) is 4.09. The number of nitrogens with zero attached hydrogens (tertiary/aromatic N) is 2. The first-order valence-corrected chi connectivity index (χ1v) is 8.16. The van der Waals surface area contributed by atoms with Crippen molar-refractivity contribution in [1.29, 1.82) is 0 Å². The molecule has 0 atom stereocenters. The standard InChI is InChI=1S/C19H15N3O6/c1-28-19(25)16-11-21(18(24)15-5-3-2-4-14(15)16)20-17(23)10-12-6-8-13(9-7-12)22(26)27/h2-9,11H,10H2,1H3,(H,20,23). The van der Waals surface area contributed by atoms with Gasteiger partial charge in [-0.25, -0.2) is 9.47 Å². The van der Waals surface area contributed by atoms with E-state index in [4.69, 9.17) is 4.74 Å². The van der Waals surface area contributed by atoms with Gasteiger partial charge in [-0.2, -0.15) is 0 Å². The fourth-order valence-electron chi connectivity index (χ4n) is 2.74. The van der Waals surface area contributed by atoms with Crippen molar-refractivity contribution < 1.29 is 19.2 Å². The van der Waals surface area contributed by atoms with Crippen LogP contribution in [0.3, 0.4) is 0 Å². The number of benzene rings is 2. The van der Waals surface area contributed by atoms with E-state index in [0.29, 0.717) is 10.9 Å². The highest BCUT2D eigenvalue weighted by Crippen LogP contribution is 2.16. The van der Waals surface area contributed by atoms with E-state index in [0.717, 1.165) is 4.68 Å². The van der Waals surface area contributed by atoms with Crippen LogP contribution in [0.15, 0.2) is 59.5 Å². The molecule has 28 heavy (non-hydrogen) atoms. The van der Waals surface area contributed by atoms with E-state index in [1.807, 2.05) is 0 Å². The second-order valence-corrected chi connectivity index (χ2v) is 5.89. The van der Waals surface area contributed by atoms with Crippen molar-refractivity contribution in [1.82, 2.24) is 4.68 Å². The molecule has 0 fully saturated rings. The van der Waals surface area contributed by atoms with E-state index in [1.165, 1.54) is 37.6 Å². The molecule has 0 radical (unpaired) electrons. The molecule has 1 aromatic heterocycles. The van der Waals surface area contributed by atoms with Crippen molar-refractivity contribution in [3.8, 4) is 0 Å². The van der Waals surface area contributed by atoms with Crippen molar-refractivity contribution in [2.24, 2.45) is 0 Å². The molecule has 0 saturated heterocycles. The van der Waals surface area contributed by atoms with Gasteiger partial charge in [0.15, 0.2) is 0 Å². The first kappa shape index (κ1) is 18.8. The zero-order valence-electron chi connectivity index (χ0n) is 14.7. The van der Waals surface area contributed by atoms with Gasteiger partial charge in [0, 0.05) is 29.1 Å². The van der Waals surface area contributed by atoms with E-state index in [9.17, 15) is 24.5 Å². The zero-order chi connectivity index (χ0) is 20.3. The van der Waals surface area contributed by atoms with Gasteiger partial charge in [-0.1, -0.05) is 30.3 Å². The maximum Gasteiger partial charge on any atom is 0.340 e. The highest BCUT2D eigenvalue weighted by Gasteiger charge is 2.16. The molecular formula is C19H15N3O6. The van der Waals surface area contributed by atoms with Crippen molar-refractivity contribution in [3.63, 3.8) is 0 Å². The maximum absolute atomic E-state index is 12.6. The molecule has 0 spiro atoms. The third-order valence-electron chi connectivity index (χ3n) is 4.09. The van der Waals surface area contributed by atoms with E-state index in [-0.39, 0.29) is 23.1 Å². The topological polar surface area (TPSA) is 121 Å². The molecule has 9 heteroatoms. The number of aromatic nitrogens is 1. The Morgan fingerprint density at radius 1 is 1.11 bits per heavy atom. The Morgan fingerprint density at radius 2 is 1.75 bits per heavy atom. The van der Waals surface area contributed by atoms with Crippen LogP contribution in [0.1, 0.15) is 15.9 Å². The van der Waals surface area contributed by atoms with Gasteiger partial charge in [-0.15, -0.1) is 0 Å². The number of hydrogen-bond donors (Lipinski definition) is 1. The van der Waals surface area contributed by atoms with Crippen LogP contribution in [0.25, 0.3) is 10.8 Å². The minimum atomic E-state index is -0.644. The number of pyridine rings is 1. The van der Waals surface area contributed by atoms with Crippen molar-refractivity contribution in [3.05, 3.63) is 86.3 Å². The summed E-state index contributed by atoms with van der Waals surface area (Å²) in [5.41, 5.74) is 2.51. The Kier molecular flexibility index (Phi) is 5.16. The van der Waals surface area contributed by atoms with Crippen molar-refractivity contribution in [2.45, 2.75) is 6.42 Å². The van der Waals surface area contributed by atoms with Crippen molar-refractivity contribution in [2.75, 3.05) is 12.5 Å². The number of hydrogen-bond acceptors (Lipinski definition) is 6. The maximum atomic E-state index is 12.6. The number of carbonyl (C=O) groups is 2. The molecule has 2 aromatic carbocycles. The SMILES string of the molecule is COC(=O)c1cn(NC(=O)Cc2ccc([N+](=O)[O-])cc2)c(=O)c2ccccc12. The minimum absolute atomic E-state index is 0.0855. The quantitative estimate of drug-likeness (QED) is 0.410. The second-order valence-electron chi connectivity index (χ2n) is 5.89. The molecule has 0 saturated carbocycles. The molecular weight excluding hydrogens is 366 g/mol. The molecule has 3 aromatic rings. The minimum Gasteiger partial charge on any atom is -0.465 e. The summed E-state index contributed by atoms with van der Waals surface area (Å²) in [5.74, 6) is -1.17. The van der Waals surface area contributed by atoms with Crippen LogP contribution < -0.4 is 11.0 Å². The summed E-state index contributed by atoms with van der Waals surface area (Å²) >= 11 is 0.